The fraction of sp³-hybridized carbons (Fsp3) is 0.419. The highest BCUT2D eigenvalue weighted by molar-refractivity contribution is 9.08. The third-order valence-electron chi connectivity index (χ3n) is 8.43. The second-order valence-corrected chi connectivity index (χ2v) is 11.4. The van der Waals surface area contributed by atoms with Gasteiger partial charge >= 0.3 is 11.9 Å². The predicted octanol–water partition coefficient (Wildman–Crippen LogP) is 4.15. The molecule has 214 valence electrons. The van der Waals surface area contributed by atoms with Gasteiger partial charge in [-0.25, -0.2) is 4.79 Å². The maximum absolute atomic E-state index is 13.5. The molecule has 0 spiro atoms. The molecule has 0 N–H and O–H groups in total. The van der Waals surface area contributed by atoms with E-state index < -0.39 is 36.0 Å². The van der Waals surface area contributed by atoms with Crippen molar-refractivity contribution in [3.05, 3.63) is 53.1 Å². The minimum Gasteiger partial charge on any atom is -0.449 e. The highest BCUT2D eigenvalue weighted by atomic mass is 79.9. The lowest BCUT2D eigenvalue weighted by molar-refractivity contribution is -0.178. The molecule has 9 nitrogen and oxygen atoms in total. The maximum Gasteiger partial charge on any atom is 0.339 e. The number of carbonyl (C=O) groups excluding carboxylic acids is 4. The molecular weight excluding hydrogens is 594 g/mol. The molecule has 0 unspecified atom stereocenters. The van der Waals surface area contributed by atoms with Gasteiger partial charge in [0, 0.05) is 36.2 Å². The van der Waals surface area contributed by atoms with E-state index in [1.165, 1.54) is 13.8 Å². The Morgan fingerprint density at radius 1 is 1.07 bits per heavy atom. The summed E-state index contributed by atoms with van der Waals surface area (Å²) in [6.45, 7) is 5.26. The number of likely N-dealkylation sites (N-methyl/N-ethyl adjacent to an activating group) is 1. The first-order valence-electron chi connectivity index (χ1n) is 13.7. The van der Waals surface area contributed by atoms with Crippen LogP contribution in [0.15, 0.2) is 36.4 Å². The molecule has 0 aromatic heterocycles. The van der Waals surface area contributed by atoms with Gasteiger partial charge in [-0.2, -0.15) is 0 Å². The van der Waals surface area contributed by atoms with E-state index in [2.05, 4.69) is 22.0 Å². The Morgan fingerprint density at radius 3 is 2.41 bits per heavy atom. The molecule has 2 heterocycles. The first-order chi connectivity index (χ1) is 19.7. The number of morpholine rings is 1. The number of hydrogen-bond acceptors (Lipinski definition) is 8. The van der Waals surface area contributed by atoms with Crippen LogP contribution in [0.5, 0.6) is 5.75 Å². The van der Waals surface area contributed by atoms with Gasteiger partial charge in [-0.15, -0.1) is 0 Å². The third-order valence-corrected chi connectivity index (χ3v) is 8.99. The van der Waals surface area contributed by atoms with Gasteiger partial charge in [-0.3, -0.25) is 14.4 Å². The minimum absolute atomic E-state index is 0.0193. The van der Waals surface area contributed by atoms with Crippen LogP contribution in [0.25, 0.3) is 21.5 Å². The van der Waals surface area contributed by atoms with Crippen LogP contribution < -0.4 is 4.74 Å². The van der Waals surface area contributed by atoms with Crippen LogP contribution in [-0.4, -0.2) is 65.7 Å². The standard InChI is InChI=1S/C31H30BrNO8/c1-4-33-15-25-39-27(29(33)36)28(40-25)30(37)41-31(16(2)34)10-9-20-23(13-31)26(38-17(3)35)22-12-19-8-6-5-7-18(19)11-21(22)24(20)14-32/h5-8,11-12,25,27-28H,4,9-10,13-15H2,1-3H3/t25-,27+,28+,31+/m0/s1. The van der Waals surface area contributed by atoms with Crippen molar-refractivity contribution in [2.75, 3.05) is 13.1 Å². The quantitative estimate of drug-likeness (QED) is 0.174. The van der Waals surface area contributed by atoms with E-state index in [-0.39, 0.29) is 31.1 Å². The van der Waals surface area contributed by atoms with Crippen LogP contribution in [0, 0.1) is 0 Å². The number of halogens is 1. The van der Waals surface area contributed by atoms with Crippen LogP contribution >= 0.6 is 15.9 Å². The third kappa shape index (κ3) is 4.62. The summed E-state index contributed by atoms with van der Waals surface area (Å²) in [7, 11) is 0. The number of ether oxygens (including phenoxy) is 4. The van der Waals surface area contributed by atoms with Crippen LogP contribution in [0.1, 0.15) is 43.9 Å². The number of ketones is 1. The molecule has 41 heavy (non-hydrogen) atoms. The van der Waals surface area contributed by atoms with Crippen molar-refractivity contribution in [3.63, 3.8) is 0 Å². The smallest absolute Gasteiger partial charge is 0.339 e. The molecule has 6 rings (SSSR count). The molecule has 3 aromatic rings. The number of benzene rings is 3. The lowest BCUT2D eigenvalue weighted by atomic mass is 9.75. The molecule has 2 saturated heterocycles. The highest BCUT2D eigenvalue weighted by Crippen LogP contribution is 2.46. The molecule has 0 radical (unpaired) electrons. The average molecular weight is 624 g/mol. The number of hydrogen-bond donors (Lipinski definition) is 0. The number of nitrogens with zero attached hydrogens (tertiary/aromatic N) is 1. The summed E-state index contributed by atoms with van der Waals surface area (Å²) in [4.78, 5) is 53.5. The van der Waals surface area contributed by atoms with Gasteiger partial charge in [-0.05, 0) is 66.1 Å². The number of rotatable bonds is 6. The largest absolute Gasteiger partial charge is 0.449 e. The summed E-state index contributed by atoms with van der Waals surface area (Å²) in [5, 5.41) is 4.27. The Bertz CT molecular complexity index is 1620. The fourth-order valence-corrected chi connectivity index (χ4v) is 6.96. The number of esters is 2. The van der Waals surface area contributed by atoms with Crippen LogP contribution in [0.2, 0.25) is 0 Å². The lowest BCUT2D eigenvalue weighted by Crippen LogP contribution is -2.53. The SMILES string of the molecule is CCN1C[C@@H]2O[C@@H](C(=O)O[C@]3(C(C)=O)CCc4c(c(OC(C)=O)c5cc6ccccc6cc5c4CBr)C3)[C@@H](O2)C1=O. The van der Waals surface area contributed by atoms with Crippen molar-refractivity contribution < 1.29 is 38.1 Å². The Morgan fingerprint density at radius 2 is 1.78 bits per heavy atom. The summed E-state index contributed by atoms with van der Waals surface area (Å²) in [5.74, 6) is -1.63. The zero-order valence-corrected chi connectivity index (χ0v) is 24.6. The maximum atomic E-state index is 13.5. The van der Waals surface area contributed by atoms with Crippen LogP contribution in [0.3, 0.4) is 0 Å². The molecule has 3 aliphatic rings. The van der Waals surface area contributed by atoms with Crippen LogP contribution in [0.4, 0.5) is 0 Å². The van der Waals surface area contributed by atoms with Crippen LogP contribution in [-0.2, 0) is 51.6 Å². The minimum atomic E-state index is -1.53. The van der Waals surface area contributed by atoms with E-state index in [0.29, 0.717) is 29.6 Å². The number of Topliss-reactive ketones (excluding diaryl/α,β-unsaturated/α-hetero) is 1. The molecule has 1 aliphatic carbocycles. The van der Waals surface area contributed by atoms with Crippen molar-refractivity contribution in [1.82, 2.24) is 4.90 Å². The summed E-state index contributed by atoms with van der Waals surface area (Å²) in [6, 6.07) is 12.0. The van der Waals surface area contributed by atoms with E-state index in [0.717, 1.165) is 32.7 Å². The van der Waals surface area contributed by atoms with Gasteiger partial charge < -0.3 is 23.8 Å². The van der Waals surface area contributed by atoms with Crippen molar-refractivity contribution in [2.45, 2.75) is 69.5 Å². The van der Waals surface area contributed by atoms with Crippen molar-refractivity contribution >= 4 is 61.1 Å². The first-order valence-corrected chi connectivity index (χ1v) is 14.8. The van der Waals surface area contributed by atoms with Gasteiger partial charge in [0.2, 0.25) is 0 Å². The Labute approximate surface area is 245 Å². The predicted molar refractivity (Wildman–Crippen MR) is 153 cm³/mol. The molecule has 0 saturated carbocycles. The van der Waals surface area contributed by atoms with E-state index >= 15 is 0 Å². The Balaban J connectivity index is 1.43. The van der Waals surface area contributed by atoms with Crippen molar-refractivity contribution in [3.8, 4) is 5.75 Å². The second kappa shape index (κ2) is 10.5. The Hall–Kier alpha value is -3.34. The molecule has 2 bridgehead atoms. The van der Waals surface area contributed by atoms with Crippen molar-refractivity contribution in [1.29, 1.82) is 0 Å². The first kappa shape index (κ1) is 27.8. The molecule has 1 amide bonds. The van der Waals surface area contributed by atoms with E-state index in [1.54, 1.807) is 4.90 Å². The topological polar surface area (TPSA) is 108 Å². The number of alkyl halides is 1. The van der Waals surface area contributed by atoms with E-state index in [1.807, 2.05) is 37.3 Å². The van der Waals surface area contributed by atoms with Gasteiger partial charge in [0.15, 0.2) is 29.9 Å². The number of amides is 1. The monoisotopic (exact) mass is 623 g/mol. The fourth-order valence-electron chi connectivity index (χ4n) is 6.32. The highest BCUT2D eigenvalue weighted by Gasteiger charge is 2.54. The van der Waals surface area contributed by atoms with Gasteiger partial charge in [0.1, 0.15) is 5.75 Å². The summed E-state index contributed by atoms with van der Waals surface area (Å²) in [6.07, 6.45) is -2.45. The molecule has 3 aromatic carbocycles. The number of carbonyl (C=O) groups is 4. The zero-order valence-electron chi connectivity index (χ0n) is 23.0. The van der Waals surface area contributed by atoms with Gasteiger partial charge in [-0.1, -0.05) is 40.2 Å². The molecule has 10 heteroatoms. The normalized spacial score (nSPS) is 25.3. The summed E-state index contributed by atoms with van der Waals surface area (Å²) >= 11 is 3.66. The second-order valence-electron chi connectivity index (χ2n) is 10.8. The molecule has 2 aliphatic heterocycles. The zero-order chi connectivity index (χ0) is 29.1. The Kier molecular flexibility index (Phi) is 7.12. The molecular formula is C31H30BrNO8. The van der Waals surface area contributed by atoms with E-state index in [9.17, 15) is 19.2 Å². The molecule has 2 fully saturated rings. The number of fused-ring (bicyclic) bond motifs is 5. The van der Waals surface area contributed by atoms with E-state index in [4.69, 9.17) is 18.9 Å². The van der Waals surface area contributed by atoms with Gasteiger partial charge in [0.25, 0.3) is 5.91 Å². The summed E-state index contributed by atoms with van der Waals surface area (Å²) in [5.41, 5.74) is 1.12. The van der Waals surface area contributed by atoms with Gasteiger partial charge in [0.05, 0.1) is 6.54 Å². The van der Waals surface area contributed by atoms with Crippen molar-refractivity contribution in [2.24, 2.45) is 0 Å². The lowest BCUT2D eigenvalue weighted by Gasteiger charge is -2.38. The average Bonchev–Trinajstić information content (AvgIpc) is 3.33. The summed E-state index contributed by atoms with van der Waals surface area (Å²) < 4.78 is 23.2. The molecule has 4 atom stereocenters.